The van der Waals surface area contributed by atoms with Crippen LogP contribution >= 0.6 is 15.9 Å². The van der Waals surface area contributed by atoms with Gasteiger partial charge in [-0.05, 0) is 77.9 Å². The minimum atomic E-state index is -5.81. The molecule has 3 aromatic rings. The monoisotopic (exact) mass is 588 g/mol. The number of pyridine rings is 1. The molecule has 5 rings (SSSR count). The summed E-state index contributed by atoms with van der Waals surface area (Å²) in [4.78, 5) is 10.1. The van der Waals surface area contributed by atoms with Crippen molar-refractivity contribution in [2.45, 2.75) is 43.9 Å². The molecule has 0 bridgehead atoms. The van der Waals surface area contributed by atoms with Crippen LogP contribution in [0.4, 0.5) is 22.0 Å². The fourth-order valence-electron chi connectivity index (χ4n) is 4.89. The van der Waals surface area contributed by atoms with E-state index in [2.05, 4.69) is 30.8 Å². The predicted molar refractivity (Wildman–Crippen MR) is 130 cm³/mol. The largest absolute Gasteiger partial charge is 0.490 e. The summed E-state index contributed by atoms with van der Waals surface area (Å²) in [6.07, 6.45) is -0.574. The van der Waals surface area contributed by atoms with Gasteiger partial charge >= 0.3 is 12.1 Å². The first-order valence-electron chi connectivity index (χ1n) is 12.2. The zero-order valence-corrected chi connectivity index (χ0v) is 21.4. The van der Waals surface area contributed by atoms with E-state index in [1.807, 2.05) is 0 Å². The lowest BCUT2D eigenvalue weighted by Crippen LogP contribution is -2.41. The van der Waals surface area contributed by atoms with Crippen molar-refractivity contribution in [3.63, 3.8) is 0 Å². The number of aromatic nitrogens is 3. The molecule has 0 unspecified atom stereocenters. The SMILES string of the molecule is FC(F)(F)C(F)(F)c1nc2cc(Br)cnc2n1-c1ccc(OC2CCN(CC3CCOCC3)CC2)cc1. The van der Waals surface area contributed by atoms with Crippen molar-refractivity contribution in [1.82, 2.24) is 19.4 Å². The number of ether oxygens (including phenoxy) is 2. The normalized spacial score (nSPS) is 19.0. The molecule has 0 aliphatic carbocycles. The number of benzene rings is 1. The van der Waals surface area contributed by atoms with E-state index in [0.29, 0.717) is 16.1 Å². The summed E-state index contributed by atoms with van der Waals surface area (Å²) >= 11 is 3.15. The van der Waals surface area contributed by atoms with Gasteiger partial charge < -0.3 is 14.4 Å². The zero-order valence-electron chi connectivity index (χ0n) is 19.9. The summed E-state index contributed by atoms with van der Waals surface area (Å²) in [5.74, 6) is -5.42. The first-order valence-corrected chi connectivity index (χ1v) is 13.0. The maximum absolute atomic E-state index is 14.4. The van der Waals surface area contributed by atoms with Gasteiger partial charge in [0.2, 0.25) is 0 Å². The van der Waals surface area contributed by atoms with Crippen LogP contribution in [0, 0.1) is 5.92 Å². The molecule has 0 atom stereocenters. The van der Waals surface area contributed by atoms with Gasteiger partial charge in [0.1, 0.15) is 17.4 Å². The lowest BCUT2D eigenvalue weighted by Gasteiger charge is -2.35. The maximum atomic E-state index is 14.4. The third-order valence-corrected chi connectivity index (χ3v) is 7.32. The molecule has 12 heteroatoms. The molecule has 0 radical (unpaired) electrons. The number of alkyl halides is 5. The van der Waals surface area contributed by atoms with E-state index in [1.165, 1.54) is 24.4 Å². The van der Waals surface area contributed by atoms with Crippen LogP contribution < -0.4 is 4.74 Å². The molecule has 2 aliphatic rings. The number of likely N-dealkylation sites (tertiary alicyclic amines) is 1. The number of piperidine rings is 1. The Labute approximate surface area is 218 Å². The van der Waals surface area contributed by atoms with E-state index in [1.54, 1.807) is 12.1 Å². The highest BCUT2D eigenvalue weighted by molar-refractivity contribution is 9.10. The van der Waals surface area contributed by atoms with Crippen LogP contribution in [0.3, 0.4) is 0 Å². The second-order valence-corrected chi connectivity index (χ2v) is 10.4. The molecule has 6 nitrogen and oxygen atoms in total. The Hall–Kier alpha value is -2.31. The second-order valence-electron chi connectivity index (χ2n) is 9.51. The van der Waals surface area contributed by atoms with Gasteiger partial charge in [-0.25, -0.2) is 9.97 Å². The summed E-state index contributed by atoms with van der Waals surface area (Å²) in [5, 5.41) is 0. The Balaban J connectivity index is 1.31. The van der Waals surface area contributed by atoms with E-state index in [0.717, 1.165) is 63.1 Å². The van der Waals surface area contributed by atoms with Gasteiger partial charge in [-0.2, -0.15) is 22.0 Å². The minimum absolute atomic E-state index is 0.00926. The quantitative estimate of drug-likeness (QED) is 0.325. The standard InChI is InChI=1S/C25H26BrF5N4O2/c26-17-13-21-22(32-14-17)35(23(33-21)24(27,28)25(29,30)31)18-1-3-19(4-2-18)37-20-5-9-34(10-6-20)15-16-7-11-36-12-8-16/h1-4,13-14,16,20H,5-12,15H2. The van der Waals surface area contributed by atoms with Crippen molar-refractivity contribution in [1.29, 1.82) is 0 Å². The molecule has 200 valence electrons. The van der Waals surface area contributed by atoms with Gasteiger partial charge in [-0.15, -0.1) is 0 Å². The van der Waals surface area contributed by atoms with E-state index >= 15 is 0 Å². The van der Waals surface area contributed by atoms with Crippen molar-refractivity contribution >= 4 is 27.1 Å². The van der Waals surface area contributed by atoms with Crippen LogP contribution in [-0.4, -0.2) is 64.6 Å². The van der Waals surface area contributed by atoms with E-state index in [9.17, 15) is 22.0 Å². The molecule has 2 aromatic heterocycles. The number of hydrogen-bond donors (Lipinski definition) is 0. The van der Waals surface area contributed by atoms with Gasteiger partial charge in [-0.1, -0.05) is 0 Å². The highest BCUT2D eigenvalue weighted by Crippen LogP contribution is 2.45. The van der Waals surface area contributed by atoms with Crippen molar-refractivity contribution in [2.24, 2.45) is 5.92 Å². The number of halogens is 6. The molecule has 2 fully saturated rings. The van der Waals surface area contributed by atoms with Crippen LogP contribution in [0.2, 0.25) is 0 Å². The van der Waals surface area contributed by atoms with Crippen molar-refractivity contribution in [2.75, 3.05) is 32.8 Å². The van der Waals surface area contributed by atoms with Crippen LogP contribution in [0.1, 0.15) is 31.5 Å². The fourth-order valence-corrected chi connectivity index (χ4v) is 5.21. The zero-order chi connectivity index (χ0) is 26.2. The molecular formula is C25H26BrF5N4O2. The summed E-state index contributed by atoms with van der Waals surface area (Å²) < 4.78 is 81.3. The maximum Gasteiger partial charge on any atom is 0.461 e. The molecule has 4 heterocycles. The number of imidazole rings is 1. The Morgan fingerprint density at radius 3 is 2.32 bits per heavy atom. The Kier molecular flexibility index (Phi) is 7.43. The number of fused-ring (bicyclic) bond motifs is 1. The van der Waals surface area contributed by atoms with Crippen LogP contribution in [0.25, 0.3) is 16.9 Å². The first kappa shape index (κ1) is 26.3. The lowest BCUT2D eigenvalue weighted by atomic mass is 9.98. The number of rotatable bonds is 6. The van der Waals surface area contributed by atoms with Gasteiger partial charge in [0.25, 0.3) is 0 Å². The molecule has 1 aromatic carbocycles. The molecule has 2 aliphatic heterocycles. The lowest BCUT2D eigenvalue weighted by molar-refractivity contribution is -0.292. The Morgan fingerprint density at radius 1 is 1.00 bits per heavy atom. The molecule has 2 saturated heterocycles. The average molecular weight is 589 g/mol. The fraction of sp³-hybridized carbons (Fsp3) is 0.520. The third-order valence-electron chi connectivity index (χ3n) is 6.89. The molecule has 0 amide bonds. The molecular weight excluding hydrogens is 563 g/mol. The molecule has 0 saturated carbocycles. The first-order chi connectivity index (χ1) is 17.6. The Morgan fingerprint density at radius 2 is 1.68 bits per heavy atom. The highest BCUT2D eigenvalue weighted by atomic mass is 79.9. The van der Waals surface area contributed by atoms with Gasteiger partial charge in [0.15, 0.2) is 11.5 Å². The summed E-state index contributed by atoms with van der Waals surface area (Å²) in [5.41, 5.74) is -0.108. The van der Waals surface area contributed by atoms with Gasteiger partial charge in [0, 0.05) is 49.2 Å². The van der Waals surface area contributed by atoms with Crippen LogP contribution in [-0.2, 0) is 10.7 Å². The second kappa shape index (κ2) is 10.5. The third kappa shape index (κ3) is 5.61. The van der Waals surface area contributed by atoms with Crippen LogP contribution in [0.15, 0.2) is 41.0 Å². The van der Waals surface area contributed by atoms with Crippen molar-refractivity contribution < 1.29 is 31.4 Å². The number of hydrogen-bond acceptors (Lipinski definition) is 5. The number of nitrogens with zero attached hydrogens (tertiary/aromatic N) is 4. The van der Waals surface area contributed by atoms with Crippen molar-refractivity contribution in [3.05, 3.63) is 46.8 Å². The summed E-state index contributed by atoms with van der Waals surface area (Å²) in [7, 11) is 0. The summed E-state index contributed by atoms with van der Waals surface area (Å²) in [6, 6.07) is 7.38. The highest BCUT2D eigenvalue weighted by Gasteiger charge is 2.62. The molecule has 0 spiro atoms. The van der Waals surface area contributed by atoms with E-state index in [-0.39, 0.29) is 23.0 Å². The smallest absolute Gasteiger partial charge is 0.461 e. The van der Waals surface area contributed by atoms with Crippen molar-refractivity contribution in [3.8, 4) is 11.4 Å². The Bertz CT molecular complexity index is 1220. The van der Waals surface area contributed by atoms with Gasteiger partial charge in [-0.3, -0.25) is 4.57 Å². The summed E-state index contributed by atoms with van der Waals surface area (Å²) in [6.45, 7) is 4.59. The molecule has 37 heavy (non-hydrogen) atoms. The van der Waals surface area contributed by atoms with Crippen LogP contribution in [0.5, 0.6) is 5.75 Å². The van der Waals surface area contributed by atoms with Gasteiger partial charge in [0.05, 0.1) is 0 Å². The molecule has 0 N–H and O–H groups in total. The predicted octanol–water partition coefficient (Wildman–Crippen LogP) is 6.11. The topological polar surface area (TPSA) is 52.4 Å². The minimum Gasteiger partial charge on any atom is -0.490 e. The average Bonchev–Trinajstić information content (AvgIpc) is 3.25. The van der Waals surface area contributed by atoms with E-state index < -0.39 is 17.9 Å². The van der Waals surface area contributed by atoms with E-state index in [4.69, 9.17) is 9.47 Å².